The molecule has 3 aromatic carbocycles. The Labute approximate surface area is 130 Å². The van der Waals surface area contributed by atoms with Crippen molar-refractivity contribution in [2.75, 3.05) is 11.6 Å². The van der Waals surface area contributed by atoms with Crippen molar-refractivity contribution in [2.45, 2.75) is 0 Å². The van der Waals surface area contributed by atoms with Crippen LogP contribution in [0.4, 0.5) is 17.1 Å². The second-order valence-corrected chi connectivity index (χ2v) is 5.40. The fourth-order valence-electron chi connectivity index (χ4n) is 2.88. The standard InChI is InChI=1S/C20H17N2/c1-3-10-18(11-4-1)21-15-17-9-7-8-14-20(17)22(16-21)19-12-5-2-6-13-19/h1-15H,16H2/q+1. The molecule has 0 amide bonds. The lowest BCUT2D eigenvalue weighted by atomic mass is 10.1. The average molecular weight is 285 g/mol. The second-order valence-electron chi connectivity index (χ2n) is 5.40. The van der Waals surface area contributed by atoms with E-state index in [1.807, 2.05) is 0 Å². The third-order valence-electron chi connectivity index (χ3n) is 3.97. The van der Waals surface area contributed by atoms with E-state index in [-0.39, 0.29) is 0 Å². The van der Waals surface area contributed by atoms with Crippen LogP contribution in [0.1, 0.15) is 5.56 Å². The lowest BCUT2D eigenvalue weighted by molar-refractivity contribution is -0.434. The van der Waals surface area contributed by atoms with E-state index < -0.39 is 0 Å². The summed E-state index contributed by atoms with van der Waals surface area (Å²) in [5, 5.41) is 0. The van der Waals surface area contributed by atoms with Crippen molar-refractivity contribution in [1.29, 1.82) is 0 Å². The maximum absolute atomic E-state index is 2.35. The van der Waals surface area contributed by atoms with E-state index in [9.17, 15) is 0 Å². The number of benzene rings is 3. The molecule has 106 valence electrons. The molecule has 0 spiro atoms. The summed E-state index contributed by atoms with van der Waals surface area (Å²) in [6, 6.07) is 29.6. The minimum absolute atomic E-state index is 0.811. The Balaban J connectivity index is 1.84. The zero-order valence-electron chi connectivity index (χ0n) is 12.3. The molecular weight excluding hydrogens is 268 g/mol. The van der Waals surface area contributed by atoms with E-state index in [1.54, 1.807) is 0 Å². The molecule has 22 heavy (non-hydrogen) atoms. The lowest BCUT2D eigenvalue weighted by Gasteiger charge is -2.27. The van der Waals surface area contributed by atoms with Gasteiger partial charge in [0.15, 0.2) is 6.21 Å². The van der Waals surface area contributed by atoms with Crippen LogP contribution in [0.5, 0.6) is 0 Å². The van der Waals surface area contributed by atoms with Crippen LogP contribution in [-0.4, -0.2) is 17.5 Å². The SMILES string of the molecule is C1=[N+](c2ccccc2)CN(c2ccccc2)c2ccccc21. The highest BCUT2D eigenvalue weighted by Gasteiger charge is 2.24. The minimum atomic E-state index is 0.811. The van der Waals surface area contributed by atoms with Gasteiger partial charge in [0.05, 0.1) is 11.3 Å². The van der Waals surface area contributed by atoms with Crippen LogP contribution < -0.4 is 4.90 Å². The molecule has 0 atom stereocenters. The van der Waals surface area contributed by atoms with Crippen molar-refractivity contribution in [2.24, 2.45) is 0 Å². The van der Waals surface area contributed by atoms with Gasteiger partial charge in [-0.3, -0.25) is 4.90 Å². The molecule has 0 saturated heterocycles. The Morgan fingerprint density at radius 1 is 0.682 bits per heavy atom. The van der Waals surface area contributed by atoms with E-state index in [1.165, 1.54) is 22.6 Å². The Hall–Kier alpha value is -2.87. The number of hydrogen-bond donors (Lipinski definition) is 0. The smallest absolute Gasteiger partial charge is 0.228 e. The molecule has 4 rings (SSSR count). The van der Waals surface area contributed by atoms with Gasteiger partial charge in [0.2, 0.25) is 12.4 Å². The van der Waals surface area contributed by atoms with Crippen LogP contribution in [0, 0.1) is 0 Å². The van der Waals surface area contributed by atoms with Gasteiger partial charge in [-0.2, -0.15) is 4.58 Å². The summed E-state index contributed by atoms with van der Waals surface area (Å²) in [7, 11) is 0. The topological polar surface area (TPSA) is 6.25 Å². The molecule has 0 unspecified atom stereocenters. The molecule has 1 aliphatic rings. The monoisotopic (exact) mass is 285 g/mol. The zero-order chi connectivity index (χ0) is 14.8. The van der Waals surface area contributed by atoms with Gasteiger partial charge in [-0.1, -0.05) is 48.5 Å². The molecule has 2 heteroatoms. The first kappa shape index (κ1) is 12.8. The van der Waals surface area contributed by atoms with Crippen LogP contribution >= 0.6 is 0 Å². The normalized spacial score (nSPS) is 13.5. The van der Waals surface area contributed by atoms with E-state index in [0.29, 0.717) is 0 Å². The first-order valence-corrected chi connectivity index (χ1v) is 7.50. The van der Waals surface area contributed by atoms with E-state index in [4.69, 9.17) is 0 Å². The Kier molecular flexibility index (Phi) is 3.20. The van der Waals surface area contributed by atoms with E-state index in [2.05, 4.69) is 101 Å². The lowest BCUT2D eigenvalue weighted by Crippen LogP contribution is -2.31. The minimum Gasteiger partial charge on any atom is -0.285 e. The molecule has 2 nitrogen and oxygen atoms in total. The quantitative estimate of drug-likeness (QED) is 0.626. The number of fused-ring (bicyclic) bond motifs is 1. The summed E-state index contributed by atoms with van der Waals surface area (Å²) >= 11 is 0. The van der Waals surface area contributed by atoms with Crippen LogP contribution in [0.15, 0.2) is 84.9 Å². The van der Waals surface area contributed by atoms with E-state index in [0.717, 1.165) is 6.67 Å². The van der Waals surface area contributed by atoms with Crippen LogP contribution in [0.25, 0.3) is 0 Å². The predicted octanol–water partition coefficient (Wildman–Crippen LogP) is 4.56. The first-order valence-electron chi connectivity index (χ1n) is 7.50. The maximum Gasteiger partial charge on any atom is 0.228 e. The Morgan fingerprint density at radius 2 is 1.32 bits per heavy atom. The predicted molar refractivity (Wildman–Crippen MR) is 91.4 cm³/mol. The van der Waals surface area contributed by atoms with Gasteiger partial charge < -0.3 is 0 Å². The molecule has 0 aliphatic carbocycles. The van der Waals surface area contributed by atoms with Gasteiger partial charge in [0, 0.05) is 17.8 Å². The summed E-state index contributed by atoms with van der Waals surface area (Å²) in [6.45, 7) is 0.811. The van der Waals surface area contributed by atoms with Crippen LogP contribution in [0.2, 0.25) is 0 Å². The third-order valence-corrected chi connectivity index (χ3v) is 3.97. The van der Waals surface area contributed by atoms with Crippen LogP contribution in [-0.2, 0) is 0 Å². The number of para-hydroxylation sites is 3. The summed E-state index contributed by atoms with van der Waals surface area (Å²) in [4.78, 5) is 2.35. The van der Waals surface area contributed by atoms with Gasteiger partial charge in [0.1, 0.15) is 0 Å². The van der Waals surface area contributed by atoms with Crippen molar-refractivity contribution in [3.05, 3.63) is 90.5 Å². The molecule has 3 aromatic rings. The van der Waals surface area contributed by atoms with Gasteiger partial charge in [-0.15, -0.1) is 0 Å². The summed E-state index contributed by atoms with van der Waals surface area (Å²) in [5.41, 5.74) is 4.91. The Morgan fingerprint density at radius 3 is 2.09 bits per heavy atom. The molecule has 0 aromatic heterocycles. The second kappa shape index (κ2) is 5.49. The number of nitrogens with zero attached hydrogens (tertiary/aromatic N) is 2. The number of rotatable bonds is 2. The highest BCUT2D eigenvalue weighted by Crippen LogP contribution is 2.31. The summed E-state index contributed by atoms with van der Waals surface area (Å²) in [6.07, 6.45) is 2.23. The molecule has 0 fully saturated rings. The summed E-state index contributed by atoms with van der Waals surface area (Å²) in [5.74, 6) is 0. The largest absolute Gasteiger partial charge is 0.285 e. The number of anilines is 2. The van der Waals surface area contributed by atoms with Gasteiger partial charge in [-0.05, 0) is 24.3 Å². The zero-order valence-corrected chi connectivity index (χ0v) is 12.3. The molecule has 0 radical (unpaired) electrons. The van der Waals surface area contributed by atoms with Crippen molar-refractivity contribution in [3.8, 4) is 0 Å². The molecule has 0 N–H and O–H groups in total. The third kappa shape index (κ3) is 2.29. The van der Waals surface area contributed by atoms with Crippen LogP contribution in [0.3, 0.4) is 0 Å². The van der Waals surface area contributed by atoms with Gasteiger partial charge >= 0.3 is 0 Å². The Bertz CT molecular complexity index is 807. The van der Waals surface area contributed by atoms with Crippen molar-refractivity contribution >= 4 is 23.3 Å². The number of hydrogen-bond acceptors (Lipinski definition) is 1. The first-order chi connectivity index (χ1) is 10.9. The fourth-order valence-corrected chi connectivity index (χ4v) is 2.88. The highest BCUT2D eigenvalue weighted by molar-refractivity contribution is 5.89. The highest BCUT2D eigenvalue weighted by atomic mass is 15.3. The molecule has 0 bridgehead atoms. The maximum atomic E-state index is 2.35. The van der Waals surface area contributed by atoms with Gasteiger partial charge in [-0.25, -0.2) is 0 Å². The van der Waals surface area contributed by atoms with Crippen molar-refractivity contribution in [1.82, 2.24) is 0 Å². The molecule has 1 heterocycles. The molecule has 1 aliphatic heterocycles. The molecule has 0 saturated carbocycles. The van der Waals surface area contributed by atoms with E-state index >= 15 is 0 Å². The summed E-state index contributed by atoms with van der Waals surface area (Å²) < 4.78 is 2.29. The average Bonchev–Trinajstić information content (AvgIpc) is 2.62. The molecular formula is C20H17N2+. The fraction of sp³-hybridized carbons (Fsp3) is 0.0500. The van der Waals surface area contributed by atoms with Crippen molar-refractivity contribution in [3.63, 3.8) is 0 Å². The van der Waals surface area contributed by atoms with Gasteiger partial charge in [0.25, 0.3) is 0 Å². The van der Waals surface area contributed by atoms with Crippen molar-refractivity contribution < 1.29 is 4.58 Å².